The van der Waals surface area contributed by atoms with E-state index in [0.717, 1.165) is 13.1 Å². The predicted octanol–water partition coefficient (Wildman–Crippen LogP) is 2.53. The first-order chi connectivity index (χ1) is 15.6. The van der Waals surface area contributed by atoms with Crippen molar-refractivity contribution in [3.05, 3.63) is 58.7 Å². The summed E-state index contributed by atoms with van der Waals surface area (Å²) in [5.41, 5.74) is 2.84. The minimum atomic E-state index is -0.560. The van der Waals surface area contributed by atoms with Crippen molar-refractivity contribution in [2.24, 2.45) is 0 Å². The summed E-state index contributed by atoms with van der Waals surface area (Å²) < 4.78 is 5.27. The van der Waals surface area contributed by atoms with Crippen LogP contribution in [0.5, 0.6) is 0 Å². The first kappa shape index (κ1) is 21.1. The Bertz CT molecular complexity index is 1030. The maximum absolute atomic E-state index is 13.4. The largest absolute Gasteiger partial charge is 0.390 e. The number of hydrogen-bond donors (Lipinski definition) is 3. The van der Waals surface area contributed by atoms with Crippen LogP contribution in [-0.4, -0.2) is 73.1 Å². The number of likely N-dealkylation sites (tertiary alicyclic amines) is 1. The van der Waals surface area contributed by atoms with Gasteiger partial charge in [0.25, 0.3) is 0 Å². The van der Waals surface area contributed by atoms with Gasteiger partial charge >= 0.3 is 0 Å². The molecule has 0 bridgehead atoms. The Morgan fingerprint density at radius 1 is 0.938 bits per heavy atom. The summed E-state index contributed by atoms with van der Waals surface area (Å²) in [4.78, 5) is 29.1. The minimum absolute atomic E-state index is 0.148. The third kappa shape index (κ3) is 4.28. The number of benzene rings is 2. The molecule has 2 saturated heterocycles. The number of epoxide rings is 1. The Kier molecular flexibility index (Phi) is 5.95. The van der Waals surface area contributed by atoms with E-state index in [1.54, 1.807) is 24.3 Å². The van der Waals surface area contributed by atoms with Crippen LogP contribution in [0.3, 0.4) is 0 Å². The molecule has 7 nitrogen and oxygen atoms in total. The normalized spacial score (nSPS) is 21.0. The number of aliphatic hydroxyl groups excluding tert-OH is 1. The smallest absolute Gasteiger partial charge is 0.196 e. The maximum Gasteiger partial charge on any atom is 0.196 e. The van der Waals surface area contributed by atoms with Crippen LogP contribution in [0.15, 0.2) is 36.4 Å². The predicted molar refractivity (Wildman–Crippen MR) is 123 cm³/mol. The fraction of sp³-hybridized carbons (Fsp3) is 0.440. The van der Waals surface area contributed by atoms with Crippen LogP contribution in [-0.2, 0) is 4.74 Å². The number of hydrogen-bond acceptors (Lipinski definition) is 7. The average molecular weight is 436 g/mol. The Hall–Kier alpha value is -2.74. The molecule has 1 aliphatic carbocycles. The molecule has 0 spiro atoms. The molecule has 2 aliphatic heterocycles. The zero-order valence-corrected chi connectivity index (χ0v) is 18.1. The van der Waals surface area contributed by atoms with Gasteiger partial charge in [-0.25, -0.2) is 0 Å². The summed E-state index contributed by atoms with van der Waals surface area (Å²) in [5, 5.41) is 17.1. The highest BCUT2D eigenvalue weighted by Crippen LogP contribution is 2.36. The minimum Gasteiger partial charge on any atom is -0.390 e. The third-order valence-electron chi connectivity index (χ3n) is 6.44. The number of rotatable bonds is 8. The summed E-state index contributed by atoms with van der Waals surface area (Å²) in [6, 6.07) is 10.6. The van der Waals surface area contributed by atoms with Gasteiger partial charge in [-0.2, -0.15) is 0 Å². The van der Waals surface area contributed by atoms with Gasteiger partial charge in [0.2, 0.25) is 0 Å². The van der Waals surface area contributed by atoms with Gasteiger partial charge in [-0.3, -0.25) is 9.59 Å². The second kappa shape index (κ2) is 9.02. The van der Waals surface area contributed by atoms with Gasteiger partial charge in [0, 0.05) is 42.1 Å². The lowest BCUT2D eigenvalue weighted by Gasteiger charge is -2.29. The first-order valence-electron chi connectivity index (χ1n) is 11.5. The van der Waals surface area contributed by atoms with E-state index in [-0.39, 0.29) is 17.7 Å². The highest BCUT2D eigenvalue weighted by molar-refractivity contribution is 6.31. The van der Waals surface area contributed by atoms with Crippen LogP contribution in [0, 0.1) is 0 Å². The highest BCUT2D eigenvalue weighted by Gasteiger charge is 2.34. The molecule has 2 heterocycles. The molecule has 0 aromatic heterocycles. The standard InChI is InChI=1S/C25H29N3O4/c29-16(14-28-10-4-1-5-11-28)12-26-20-8-9-21(27-13-17-15-32-17)23-22(20)24(30)18-6-2-3-7-19(18)25(23)31/h2-3,6-9,16-17,26-27,29H,1,4-5,10-15H2/t16?,17-/m0/s1. The monoisotopic (exact) mass is 435 g/mol. The van der Waals surface area contributed by atoms with Gasteiger partial charge in [0.1, 0.15) is 0 Å². The summed E-state index contributed by atoms with van der Waals surface area (Å²) in [6.07, 6.45) is 3.18. The maximum atomic E-state index is 13.4. The van der Waals surface area contributed by atoms with Crippen LogP contribution in [0.2, 0.25) is 0 Å². The molecule has 2 fully saturated rings. The Balaban J connectivity index is 1.40. The van der Waals surface area contributed by atoms with Crippen molar-refractivity contribution < 1.29 is 19.4 Å². The van der Waals surface area contributed by atoms with E-state index in [0.29, 0.717) is 59.9 Å². The Morgan fingerprint density at radius 2 is 1.53 bits per heavy atom. The lowest BCUT2D eigenvalue weighted by Crippen LogP contribution is -2.39. The van der Waals surface area contributed by atoms with Crippen molar-refractivity contribution in [2.45, 2.75) is 31.5 Å². The quantitative estimate of drug-likeness (QED) is 0.468. The van der Waals surface area contributed by atoms with Gasteiger partial charge in [-0.1, -0.05) is 30.7 Å². The van der Waals surface area contributed by atoms with Crippen LogP contribution in [0.4, 0.5) is 11.4 Å². The zero-order valence-electron chi connectivity index (χ0n) is 18.1. The number of carbonyl (C=O) groups excluding carboxylic acids is 2. The van der Waals surface area contributed by atoms with Crippen molar-refractivity contribution in [3.8, 4) is 0 Å². The van der Waals surface area contributed by atoms with Crippen LogP contribution >= 0.6 is 0 Å². The Labute approximate surface area is 187 Å². The first-order valence-corrected chi connectivity index (χ1v) is 11.5. The fourth-order valence-corrected chi connectivity index (χ4v) is 4.66. The van der Waals surface area contributed by atoms with Gasteiger partial charge in [-0.05, 0) is 38.1 Å². The molecule has 3 aliphatic rings. The molecule has 7 heteroatoms. The molecule has 168 valence electrons. The van der Waals surface area contributed by atoms with Crippen molar-refractivity contribution in [2.75, 3.05) is 50.0 Å². The van der Waals surface area contributed by atoms with Crippen molar-refractivity contribution in [1.82, 2.24) is 4.90 Å². The third-order valence-corrected chi connectivity index (χ3v) is 6.44. The molecule has 32 heavy (non-hydrogen) atoms. The van der Waals surface area contributed by atoms with E-state index in [9.17, 15) is 14.7 Å². The SMILES string of the molecule is O=C1c2ccccc2C(=O)c2c(NC[C@H]3CO3)ccc(NCC(O)CN3CCCCC3)c21. The summed E-state index contributed by atoms with van der Waals surface area (Å²) in [6.45, 7) is 4.25. The molecule has 2 atom stereocenters. The molecule has 2 aromatic carbocycles. The molecule has 0 radical (unpaired) electrons. The van der Waals surface area contributed by atoms with Crippen molar-refractivity contribution in [3.63, 3.8) is 0 Å². The number of β-amino-alcohol motifs (C(OH)–C–C–N with tert-alkyl or cyclic N) is 1. The van der Waals surface area contributed by atoms with E-state index < -0.39 is 6.10 Å². The van der Waals surface area contributed by atoms with Gasteiger partial charge in [0.15, 0.2) is 11.6 Å². The van der Waals surface area contributed by atoms with E-state index in [4.69, 9.17) is 4.74 Å². The highest BCUT2D eigenvalue weighted by atomic mass is 16.6. The summed E-state index contributed by atoms with van der Waals surface area (Å²) in [7, 11) is 0. The number of piperidine rings is 1. The second-order valence-electron chi connectivity index (χ2n) is 8.85. The number of aliphatic hydroxyl groups is 1. The van der Waals surface area contributed by atoms with Crippen molar-refractivity contribution >= 4 is 22.9 Å². The topological polar surface area (TPSA) is 94.2 Å². The van der Waals surface area contributed by atoms with Crippen LogP contribution < -0.4 is 10.6 Å². The molecule has 2 aromatic rings. The van der Waals surface area contributed by atoms with E-state index in [1.165, 1.54) is 19.3 Å². The Morgan fingerprint density at radius 3 is 2.12 bits per heavy atom. The van der Waals surface area contributed by atoms with Gasteiger partial charge in [0.05, 0.1) is 29.9 Å². The lowest BCUT2D eigenvalue weighted by atomic mass is 9.82. The van der Waals surface area contributed by atoms with Crippen LogP contribution in [0.25, 0.3) is 0 Å². The second-order valence-corrected chi connectivity index (χ2v) is 8.85. The van der Waals surface area contributed by atoms with Crippen molar-refractivity contribution in [1.29, 1.82) is 0 Å². The fourth-order valence-electron chi connectivity index (χ4n) is 4.66. The molecule has 0 amide bonds. The van der Waals surface area contributed by atoms with E-state index in [2.05, 4.69) is 15.5 Å². The number of ketones is 2. The molecule has 3 N–H and O–H groups in total. The van der Waals surface area contributed by atoms with Crippen LogP contribution in [0.1, 0.15) is 51.1 Å². The molecule has 5 rings (SSSR count). The summed E-state index contributed by atoms with van der Waals surface area (Å²) in [5.74, 6) is -0.332. The number of carbonyl (C=O) groups is 2. The molecule has 1 unspecified atom stereocenters. The average Bonchev–Trinajstić information content (AvgIpc) is 3.65. The lowest BCUT2D eigenvalue weighted by molar-refractivity contribution is 0.0979. The number of nitrogens with zero attached hydrogens (tertiary/aromatic N) is 1. The number of fused-ring (bicyclic) bond motifs is 2. The summed E-state index contributed by atoms with van der Waals surface area (Å²) >= 11 is 0. The number of nitrogens with one attached hydrogen (secondary N) is 2. The molecule has 0 saturated carbocycles. The number of ether oxygens (including phenoxy) is 1. The van der Waals surface area contributed by atoms with E-state index in [1.807, 2.05) is 12.1 Å². The zero-order chi connectivity index (χ0) is 22.1. The number of anilines is 2. The molecular weight excluding hydrogens is 406 g/mol. The van der Waals surface area contributed by atoms with Gasteiger partial charge in [-0.15, -0.1) is 0 Å². The van der Waals surface area contributed by atoms with E-state index >= 15 is 0 Å². The molecular formula is C25H29N3O4. The van der Waals surface area contributed by atoms with Gasteiger partial charge < -0.3 is 25.4 Å².